The van der Waals surface area contributed by atoms with Crippen molar-refractivity contribution < 1.29 is 4.79 Å². The van der Waals surface area contributed by atoms with Gasteiger partial charge in [0, 0.05) is 12.0 Å². The van der Waals surface area contributed by atoms with Crippen molar-refractivity contribution in [2.75, 3.05) is 6.54 Å². The molecular weight excluding hydrogens is 126 g/mol. The number of carbonyl (C=O) groups is 1. The van der Waals surface area contributed by atoms with Gasteiger partial charge < -0.3 is 5.32 Å². The predicted octanol–water partition coefficient (Wildman–Crippen LogP) is 1.31. The summed E-state index contributed by atoms with van der Waals surface area (Å²) >= 11 is 0. The highest BCUT2D eigenvalue weighted by Crippen LogP contribution is 2.30. The quantitative estimate of drug-likeness (QED) is 0.617. The van der Waals surface area contributed by atoms with Crippen LogP contribution in [0.15, 0.2) is 0 Å². The molecule has 0 aromatic rings. The van der Waals surface area contributed by atoms with Crippen LogP contribution < -0.4 is 5.32 Å². The Morgan fingerprint density at radius 1 is 1.70 bits per heavy atom. The maximum Gasteiger partial charge on any atom is 0.226 e. The van der Waals surface area contributed by atoms with Gasteiger partial charge in [-0.3, -0.25) is 4.79 Å². The van der Waals surface area contributed by atoms with E-state index >= 15 is 0 Å². The number of nitrogens with one attached hydrogen (secondary N) is 1. The van der Waals surface area contributed by atoms with E-state index in [9.17, 15) is 4.79 Å². The molecule has 0 aromatic heterocycles. The molecule has 0 radical (unpaired) electrons. The smallest absolute Gasteiger partial charge is 0.226 e. The fourth-order valence-electron chi connectivity index (χ4n) is 1.57. The van der Waals surface area contributed by atoms with Crippen LogP contribution in [0.1, 0.15) is 33.1 Å². The first kappa shape index (κ1) is 7.58. The molecule has 1 heterocycles. The van der Waals surface area contributed by atoms with Crippen LogP contribution in [0.5, 0.6) is 0 Å². The van der Waals surface area contributed by atoms with Crippen LogP contribution in [0.3, 0.4) is 0 Å². The molecule has 1 unspecified atom stereocenters. The molecular formula is C8H15NO. The Hall–Kier alpha value is -0.530. The lowest BCUT2D eigenvalue weighted by Crippen LogP contribution is -2.27. The summed E-state index contributed by atoms with van der Waals surface area (Å²) in [7, 11) is 0. The summed E-state index contributed by atoms with van der Waals surface area (Å²) < 4.78 is 0. The van der Waals surface area contributed by atoms with Gasteiger partial charge in [0.25, 0.3) is 0 Å². The van der Waals surface area contributed by atoms with Gasteiger partial charge >= 0.3 is 0 Å². The number of rotatable bonds is 2. The molecule has 0 aromatic carbocycles. The van der Waals surface area contributed by atoms with Gasteiger partial charge in [-0.2, -0.15) is 0 Å². The molecule has 1 fully saturated rings. The Balaban J connectivity index is 2.57. The summed E-state index contributed by atoms with van der Waals surface area (Å²) in [4.78, 5) is 11.2. The molecule has 0 aliphatic carbocycles. The topological polar surface area (TPSA) is 29.1 Å². The van der Waals surface area contributed by atoms with Crippen LogP contribution in [0.25, 0.3) is 0 Å². The van der Waals surface area contributed by atoms with Crippen molar-refractivity contribution in [2.24, 2.45) is 5.41 Å². The monoisotopic (exact) mass is 141 g/mol. The molecule has 1 rings (SSSR count). The molecule has 0 bridgehead atoms. The first-order valence-corrected chi connectivity index (χ1v) is 3.97. The molecule has 0 spiro atoms. The van der Waals surface area contributed by atoms with Gasteiger partial charge in [-0.15, -0.1) is 0 Å². The van der Waals surface area contributed by atoms with E-state index in [0.717, 1.165) is 25.8 Å². The Morgan fingerprint density at radius 3 is 2.80 bits per heavy atom. The minimum absolute atomic E-state index is 0.0469. The lowest BCUT2D eigenvalue weighted by atomic mass is 9.84. The second kappa shape index (κ2) is 2.60. The van der Waals surface area contributed by atoms with Crippen molar-refractivity contribution in [3.63, 3.8) is 0 Å². The standard InChI is InChI=1S/C8H15NO/c1-3-4-8(2)5-6-9-7(8)10/h3-6H2,1-2H3,(H,9,10). The minimum Gasteiger partial charge on any atom is -0.356 e. The third-order valence-corrected chi connectivity index (χ3v) is 2.31. The van der Waals surface area contributed by atoms with Gasteiger partial charge in [0.05, 0.1) is 0 Å². The van der Waals surface area contributed by atoms with E-state index in [1.165, 1.54) is 0 Å². The van der Waals surface area contributed by atoms with E-state index in [2.05, 4.69) is 19.2 Å². The fraction of sp³-hybridized carbons (Fsp3) is 0.875. The van der Waals surface area contributed by atoms with Crippen molar-refractivity contribution in [1.82, 2.24) is 5.32 Å². The largest absolute Gasteiger partial charge is 0.356 e. The lowest BCUT2D eigenvalue weighted by molar-refractivity contribution is -0.127. The van der Waals surface area contributed by atoms with Crippen LogP contribution in [0, 0.1) is 5.41 Å². The van der Waals surface area contributed by atoms with E-state index in [1.54, 1.807) is 0 Å². The summed E-state index contributed by atoms with van der Waals surface area (Å²) in [6.07, 6.45) is 3.14. The maximum atomic E-state index is 11.2. The maximum absolute atomic E-state index is 11.2. The Bertz CT molecular complexity index is 144. The molecule has 2 nitrogen and oxygen atoms in total. The van der Waals surface area contributed by atoms with E-state index in [-0.39, 0.29) is 11.3 Å². The van der Waals surface area contributed by atoms with E-state index in [4.69, 9.17) is 0 Å². The summed E-state index contributed by atoms with van der Waals surface area (Å²) in [5, 5.41) is 2.86. The highest BCUT2D eigenvalue weighted by atomic mass is 16.2. The predicted molar refractivity (Wildman–Crippen MR) is 40.6 cm³/mol. The highest BCUT2D eigenvalue weighted by molar-refractivity contribution is 5.84. The van der Waals surface area contributed by atoms with Crippen molar-refractivity contribution >= 4 is 5.91 Å². The van der Waals surface area contributed by atoms with Crippen LogP contribution in [0.2, 0.25) is 0 Å². The molecule has 1 atom stereocenters. The molecule has 2 heteroatoms. The molecule has 1 amide bonds. The second-order valence-corrected chi connectivity index (χ2v) is 3.32. The minimum atomic E-state index is -0.0469. The molecule has 0 saturated carbocycles. The van der Waals surface area contributed by atoms with Crippen LogP contribution in [0.4, 0.5) is 0 Å². The van der Waals surface area contributed by atoms with Crippen LogP contribution >= 0.6 is 0 Å². The number of amides is 1. The van der Waals surface area contributed by atoms with Gasteiger partial charge in [-0.1, -0.05) is 20.3 Å². The zero-order valence-corrected chi connectivity index (χ0v) is 6.74. The van der Waals surface area contributed by atoms with Gasteiger partial charge in [-0.05, 0) is 12.8 Å². The summed E-state index contributed by atoms with van der Waals surface area (Å²) in [6, 6.07) is 0. The Labute approximate surface area is 62.0 Å². The van der Waals surface area contributed by atoms with Gasteiger partial charge in [0.1, 0.15) is 0 Å². The SMILES string of the molecule is CCCC1(C)CCNC1=O. The lowest BCUT2D eigenvalue weighted by Gasteiger charge is -2.18. The van der Waals surface area contributed by atoms with Crippen molar-refractivity contribution in [2.45, 2.75) is 33.1 Å². The molecule has 1 saturated heterocycles. The number of carbonyl (C=O) groups excluding carboxylic acids is 1. The fourth-order valence-corrected chi connectivity index (χ4v) is 1.57. The van der Waals surface area contributed by atoms with Gasteiger partial charge in [0.15, 0.2) is 0 Å². The van der Waals surface area contributed by atoms with E-state index in [1.807, 2.05) is 0 Å². The Morgan fingerprint density at radius 2 is 2.40 bits per heavy atom. The zero-order valence-electron chi connectivity index (χ0n) is 6.74. The van der Waals surface area contributed by atoms with Crippen molar-refractivity contribution in [3.05, 3.63) is 0 Å². The van der Waals surface area contributed by atoms with Gasteiger partial charge in [-0.25, -0.2) is 0 Å². The van der Waals surface area contributed by atoms with Crippen LogP contribution in [-0.4, -0.2) is 12.5 Å². The number of hydrogen-bond donors (Lipinski definition) is 1. The van der Waals surface area contributed by atoms with E-state index in [0.29, 0.717) is 0 Å². The summed E-state index contributed by atoms with van der Waals surface area (Å²) in [5.74, 6) is 0.245. The average molecular weight is 141 g/mol. The van der Waals surface area contributed by atoms with E-state index < -0.39 is 0 Å². The first-order valence-electron chi connectivity index (χ1n) is 3.97. The van der Waals surface area contributed by atoms with Gasteiger partial charge in [0.2, 0.25) is 5.91 Å². The first-order chi connectivity index (χ1) is 4.69. The summed E-state index contributed by atoms with van der Waals surface area (Å²) in [6.45, 7) is 5.05. The van der Waals surface area contributed by atoms with Crippen LogP contribution in [-0.2, 0) is 4.79 Å². The normalized spacial score (nSPS) is 32.4. The molecule has 1 aliphatic rings. The van der Waals surface area contributed by atoms with Crippen molar-refractivity contribution in [1.29, 1.82) is 0 Å². The third kappa shape index (κ3) is 1.15. The highest BCUT2D eigenvalue weighted by Gasteiger charge is 2.36. The third-order valence-electron chi connectivity index (χ3n) is 2.31. The zero-order chi connectivity index (χ0) is 7.61. The average Bonchev–Trinajstić information content (AvgIpc) is 2.15. The second-order valence-electron chi connectivity index (χ2n) is 3.32. The van der Waals surface area contributed by atoms with Crippen molar-refractivity contribution in [3.8, 4) is 0 Å². The molecule has 10 heavy (non-hydrogen) atoms. The number of hydrogen-bond acceptors (Lipinski definition) is 1. The molecule has 1 aliphatic heterocycles. The summed E-state index contributed by atoms with van der Waals surface area (Å²) in [5.41, 5.74) is -0.0469. The Kier molecular flexibility index (Phi) is 1.97. The molecule has 1 N–H and O–H groups in total. The molecule has 58 valence electrons.